The Morgan fingerprint density at radius 1 is 1.07 bits per heavy atom. The number of nitrogens with one attached hydrogen (secondary N) is 1. The molecule has 42 heavy (non-hydrogen) atoms. The van der Waals surface area contributed by atoms with Crippen LogP contribution in [-0.2, 0) is 22.7 Å². The van der Waals surface area contributed by atoms with Crippen molar-refractivity contribution in [2.24, 2.45) is 0 Å². The molecule has 2 aromatic carbocycles. The second-order valence-corrected chi connectivity index (χ2v) is 11.5. The van der Waals surface area contributed by atoms with E-state index in [-0.39, 0.29) is 30.9 Å². The van der Waals surface area contributed by atoms with Gasteiger partial charge in [0.15, 0.2) is 11.5 Å². The van der Waals surface area contributed by atoms with Gasteiger partial charge in [-0.05, 0) is 59.3 Å². The van der Waals surface area contributed by atoms with Crippen molar-refractivity contribution in [3.05, 3.63) is 75.4 Å². The predicted octanol–water partition coefficient (Wildman–Crippen LogP) is 5.29. The zero-order valence-electron chi connectivity index (χ0n) is 23.5. The van der Waals surface area contributed by atoms with E-state index in [1.54, 1.807) is 43.4 Å². The number of methoxy groups -OCH3 is 2. The van der Waals surface area contributed by atoms with Crippen LogP contribution in [0.3, 0.4) is 0 Å². The van der Waals surface area contributed by atoms with Crippen molar-refractivity contribution in [1.29, 1.82) is 0 Å². The zero-order valence-corrected chi connectivity index (χ0v) is 25.1. The Labute approximate surface area is 253 Å². The van der Waals surface area contributed by atoms with Gasteiger partial charge in [-0.2, -0.15) is 4.80 Å². The lowest BCUT2D eigenvalue weighted by molar-refractivity contribution is -0.142. The highest BCUT2D eigenvalue weighted by Crippen LogP contribution is 2.32. The molecular formula is C30H33ClN6O4S. The Hall–Kier alpha value is -3.96. The van der Waals surface area contributed by atoms with Crippen molar-refractivity contribution in [3.8, 4) is 22.9 Å². The number of halogens is 1. The number of benzene rings is 2. The number of thiophene rings is 1. The molecule has 0 spiro atoms. The number of rotatable bonds is 11. The van der Waals surface area contributed by atoms with Crippen molar-refractivity contribution in [3.63, 3.8) is 0 Å². The molecule has 0 radical (unpaired) electrons. The minimum Gasteiger partial charge on any atom is -0.493 e. The van der Waals surface area contributed by atoms with E-state index in [0.717, 1.165) is 36.1 Å². The van der Waals surface area contributed by atoms with Crippen molar-refractivity contribution >= 4 is 34.8 Å². The molecule has 220 valence electrons. The highest BCUT2D eigenvalue weighted by molar-refractivity contribution is 7.10. The van der Waals surface area contributed by atoms with Crippen LogP contribution >= 0.6 is 22.9 Å². The van der Waals surface area contributed by atoms with Crippen LogP contribution < -0.4 is 14.8 Å². The fourth-order valence-electron chi connectivity index (χ4n) is 5.14. The van der Waals surface area contributed by atoms with Gasteiger partial charge in [-0.1, -0.05) is 55.1 Å². The largest absolute Gasteiger partial charge is 0.493 e. The van der Waals surface area contributed by atoms with Crippen LogP contribution in [0.5, 0.6) is 11.5 Å². The lowest BCUT2D eigenvalue weighted by Crippen LogP contribution is -2.47. The number of aromatic nitrogens is 4. The van der Waals surface area contributed by atoms with Crippen LogP contribution in [0.15, 0.2) is 60.0 Å². The van der Waals surface area contributed by atoms with Crippen molar-refractivity contribution < 1.29 is 19.1 Å². The van der Waals surface area contributed by atoms with E-state index in [1.807, 2.05) is 35.7 Å². The second kappa shape index (κ2) is 13.8. The second-order valence-electron chi connectivity index (χ2n) is 10.1. The fraction of sp³-hybridized carbons (Fsp3) is 0.367. The maximum Gasteiger partial charge on any atom is 0.248 e. The molecule has 4 aromatic rings. The van der Waals surface area contributed by atoms with Gasteiger partial charge in [-0.25, -0.2) is 0 Å². The average Bonchev–Trinajstić information content (AvgIpc) is 3.71. The zero-order chi connectivity index (χ0) is 29.5. The van der Waals surface area contributed by atoms with E-state index in [4.69, 9.17) is 21.1 Å². The normalized spacial score (nSPS) is 14.3. The van der Waals surface area contributed by atoms with Crippen LogP contribution in [0.1, 0.15) is 48.6 Å². The molecule has 1 atom stereocenters. The lowest BCUT2D eigenvalue weighted by atomic mass is 9.95. The van der Waals surface area contributed by atoms with Gasteiger partial charge in [0.2, 0.25) is 17.6 Å². The predicted molar refractivity (Wildman–Crippen MR) is 160 cm³/mol. The molecule has 1 aliphatic carbocycles. The van der Waals surface area contributed by atoms with Crippen molar-refractivity contribution in [2.45, 2.75) is 57.3 Å². The van der Waals surface area contributed by atoms with Crippen LogP contribution in [0.2, 0.25) is 5.02 Å². The number of carbonyl (C=O) groups excluding carboxylic acids is 2. The van der Waals surface area contributed by atoms with Gasteiger partial charge in [-0.15, -0.1) is 21.5 Å². The summed E-state index contributed by atoms with van der Waals surface area (Å²) < 4.78 is 10.7. The molecule has 1 saturated carbocycles. The first-order chi connectivity index (χ1) is 20.5. The van der Waals surface area contributed by atoms with E-state index < -0.39 is 6.04 Å². The Kier molecular flexibility index (Phi) is 9.70. The summed E-state index contributed by atoms with van der Waals surface area (Å²) in [4.78, 5) is 31.5. The van der Waals surface area contributed by atoms with Crippen LogP contribution in [-0.4, -0.2) is 57.2 Å². The third-order valence-corrected chi connectivity index (χ3v) is 8.61. The smallest absolute Gasteiger partial charge is 0.248 e. The standard InChI is InChI=1S/C30H33ClN6O4S/c1-40-24-15-14-20(17-25(24)41-2)29-33-35-37(34-29)19-27(38)36(18-21-9-6-7-12-23(21)31)28(26-13-8-16-42-26)30(39)32-22-10-4-3-5-11-22/h6-9,12-17,22,28H,3-5,10-11,18-19H2,1-2H3,(H,32,39)/t28-/m1/s1. The van der Waals surface area contributed by atoms with Gasteiger partial charge in [0.25, 0.3) is 0 Å². The van der Waals surface area contributed by atoms with Gasteiger partial charge in [0.05, 0.1) is 14.2 Å². The molecule has 5 rings (SSSR count). The molecule has 10 nitrogen and oxygen atoms in total. The van der Waals surface area contributed by atoms with E-state index >= 15 is 0 Å². The molecule has 1 fully saturated rings. The quantitative estimate of drug-likeness (QED) is 0.246. The Morgan fingerprint density at radius 2 is 1.86 bits per heavy atom. The summed E-state index contributed by atoms with van der Waals surface area (Å²) in [5.74, 6) is 0.873. The third-order valence-electron chi connectivity index (χ3n) is 7.31. The maximum absolute atomic E-state index is 14.0. The maximum atomic E-state index is 14.0. The molecule has 0 bridgehead atoms. The van der Waals surface area contributed by atoms with Crippen LogP contribution in [0, 0.1) is 0 Å². The summed E-state index contributed by atoms with van der Waals surface area (Å²) in [5, 5.41) is 18.4. The number of carbonyl (C=O) groups is 2. The number of hydrogen-bond acceptors (Lipinski definition) is 8. The summed E-state index contributed by atoms with van der Waals surface area (Å²) >= 11 is 7.96. The molecule has 2 amide bonds. The SMILES string of the molecule is COc1ccc(-c2nnn(CC(=O)N(Cc3ccccc3Cl)[C@@H](C(=O)NC3CCCCC3)c3cccs3)n2)cc1OC. The summed E-state index contributed by atoms with van der Waals surface area (Å²) in [7, 11) is 3.11. The molecule has 1 aliphatic rings. The monoisotopic (exact) mass is 608 g/mol. The van der Waals surface area contributed by atoms with Gasteiger partial charge in [0, 0.05) is 28.0 Å². The van der Waals surface area contributed by atoms with Gasteiger partial charge in [-0.3, -0.25) is 9.59 Å². The van der Waals surface area contributed by atoms with Crippen LogP contribution in [0.25, 0.3) is 11.4 Å². The molecule has 0 aliphatic heterocycles. The van der Waals surface area contributed by atoms with E-state index in [0.29, 0.717) is 27.9 Å². The Morgan fingerprint density at radius 3 is 2.57 bits per heavy atom. The van der Waals surface area contributed by atoms with E-state index in [2.05, 4.69) is 20.7 Å². The fourth-order valence-corrected chi connectivity index (χ4v) is 6.17. The van der Waals surface area contributed by atoms with Gasteiger partial charge in [0.1, 0.15) is 12.6 Å². The summed E-state index contributed by atoms with van der Waals surface area (Å²) in [5.41, 5.74) is 1.39. The highest BCUT2D eigenvalue weighted by Gasteiger charge is 2.34. The average molecular weight is 609 g/mol. The number of hydrogen-bond donors (Lipinski definition) is 1. The van der Waals surface area contributed by atoms with E-state index in [9.17, 15) is 9.59 Å². The summed E-state index contributed by atoms with van der Waals surface area (Å²) in [6.45, 7) is -0.0836. The summed E-state index contributed by atoms with van der Waals surface area (Å²) in [6.07, 6.45) is 5.20. The Bertz CT molecular complexity index is 1510. The number of tetrazole rings is 1. The Balaban J connectivity index is 1.43. The molecule has 12 heteroatoms. The molecule has 1 N–H and O–H groups in total. The number of amides is 2. The summed E-state index contributed by atoms with van der Waals surface area (Å²) in [6, 6.07) is 15.6. The van der Waals surface area contributed by atoms with Crippen molar-refractivity contribution in [2.75, 3.05) is 14.2 Å². The van der Waals surface area contributed by atoms with Gasteiger partial charge < -0.3 is 19.7 Å². The lowest BCUT2D eigenvalue weighted by Gasteiger charge is -2.32. The topological polar surface area (TPSA) is 111 Å². The molecular weight excluding hydrogens is 576 g/mol. The first-order valence-electron chi connectivity index (χ1n) is 13.8. The number of nitrogens with zero attached hydrogens (tertiary/aromatic N) is 5. The molecule has 2 aromatic heterocycles. The molecule has 2 heterocycles. The minimum atomic E-state index is -0.843. The number of ether oxygens (including phenoxy) is 2. The van der Waals surface area contributed by atoms with Gasteiger partial charge >= 0.3 is 0 Å². The minimum absolute atomic E-state index is 0.0898. The van der Waals surface area contributed by atoms with Crippen molar-refractivity contribution in [1.82, 2.24) is 30.4 Å². The van der Waals surface area contributed by atoms with Crippen LogP contribution in [0.4, 0.5) is 0 Å². The first-order valence-corrected chi connectivity index (χ1v) is 15.1. The third kappa shape index (κ3) is 6.91. The molecule has 0 saturated heterocycles. The highest BCUT2D eigenvalue weighted by atomic mass is 35.5. The first kappa shape index (κ1) is 29.5. The molecule has 0 unspecified atom stereocenters. The van der Waals surface area contributed by atoms with E-state index in [1.165, 1.54) is 22.6 Å².